The van der Waals surface area contributed by atoms with Gasteiger partial charge >= 0.3 is 0 Å². The van der Waals surface area contributed by atoms with E-state index in [-0.39, 0.29) is 28.7 Å². The molecule has 2 atom stereocenters. The molecule has 1 aliphatic carbocycles. The average molecular weight is 527 g/mol. The quantitative estimate of drug-likeness (QED) is 0.442. The van der Waals surface area contributed by atoms with Crippen molar-refractivity contribution in [1.29, 1.82) is 0 Å². The molecule has 4 rings (SSSR count). The van der Waals surface area contributed by atoms with Gasteiger partial charge in [-0.15, -0.1) is 0 Å². The van der Waals surface area contributed by atoms with Gasteiger partial charge in [0.05, 0.1) is 12.2 Å². The lowest BCUT2D eigenvalue weighted by atomic mass is 9.81. The number of carbonyl (C=O) groups excluding carboxylic acids is 1. The van der Waals surface area contributed by atoms with E-state index in [4.69, 9.17) is 27.9 Å². The Morgan fingerprint density at radius 2 is 1.88 bits per heavy atom. The molecule has 0 bridgehead atoms. The fraction of sp³-hybridized carbons (Fsp3) is 0.480. The van der Waals surface area contributed by atoms with Crippen molar-refractivity contribution in [3.8, 4) is 5.75 Å². The number of nitrogens with one attached hydrogen (secondary N) is 1. The van der Waals surface area contributed by atoms with Crippen LogP contribution in [0.15, 0.2) is 30.3 Å². The van der Waals surface area contributed by atoms with Crippen molar-refractivity contribution >= 4 is 40.1 Å². The smallest absolute Gasteiger partial charge is 0.265 e. The average Bonchev–Trinajstić information content (AvgIpc) is 3.59. The molecular formula is C25H29Cl2FN2O3S. The lowest BCUT2D eigenvalue weighted by Gasteiger charge is -2.50. The molecule has 0 radical (unpaired) electrons. The lowest BCUT2D eigenvalue weighted by Crippen LogP contribution is -2.57. The second-order valence-corrected chi connectivity index (χ2v) is 11.9. The van der Waals surface area contributed by atoms with Crippen LogP contribution in [0.25, 0.3) is 0 Å². The van der Waals surface area contributed by atoms with Gasteiger partial charge in [0, 0.05) is 46.4 Å². The van der Waals surface area contributed by atoms with E-state index in [1.807, 2.05) is 12.1 Å². The van der Waals surface area contributed by atoms with Crippen LogP contribution in [0.1, 0.15) is 67.1 Å². The minimum Gasteiger partial charge on any atom is -0.493 e. The van der Waals surface area contributed by atoms with Crippen molar-refractivity contribution in [2.75, 3.05) is 25.4 Å². The van der Waals surface area contributed by atoms with E-state index in [9.17, 15) is 13.4 Å². The third kappa shape index (κ3) is 5.76. The molecule has 2 aromatic rings. The number of hydrogen-bond donors (Lipinski definition) is 1. The van der Waals surface area contributed by atoms with E-state index in [2.05, 4.69) is 23.5 Å². The third-order valence-corrected chi connectivity index (χ3v) is 7.86. The van der Waals surface area contributed by atoms with E-state index in [0.29, 0.717) is 22.4 Å². The Balaban J connectivity index is 1.42. The van der Waals surface area contributed by atoms with Crippen LogP contribution >= 0.6 is 23.2 Å². The Bertz CT molecular complexity index is 1100. The van der Waals surface area contributed by atoms with Crippen molar-refractivity contribution in [2.24, 2.45) is 5.41 Å². The lowest BCUT2D eigenvalue weighted by molar-refractivity contribution is -0.0429. The number of nitrogens with zero attached hydrogens (tertiary/aromatic N) is 1. The first-order chi connectivity index (χ1) is 16.1. The molecule has 1 amide bonds. The summed E-state index contributed by atoms with van der Waals surface area (Å²) in [4.78, 5) is 14.7. The van der Waals surface area contributed by atoms with E-state index in [1.54, 1.807) is 19.1 Å². The van der Waals surface area contributed by atoms with Gasteiger partial charge in [0.1, 0.15) is 22.6 Å². The molecule has 2 unspecified atom stereocenters. The van der Waals surface area contributed by atoms with E-state index < -0.39 is 22.7 Å². The minimum absolute atomic E-state index is 0.0814. The predicted molar refractivity (Wildman–Crippen MR) is 135 cm³/mol. The largest absolute Gasteiger partial charge is 0.493 e. The van der Waals surface area contributed by atoms with Crippen LogP contribution in [0, 0.1) is 11.2 Å². The third-order valence-electron chi connectivity index (χ3n) is 6.49. The minimum atomic E-state index is -1.52. The van der Waals surface area contributed by atoms with Gasteiger partial charge in [0.25, 0.3) is 5.91 Å². The Kier molecular flexibility index (Phi) is 7.58. The summed E-state index contributed by atoms with van der Waals surface area (Å²) < 4.78 is 34.9. The number of amides is 1. The van der Waals surface area contributed by atoms with Crippen molar-refractivity contribution < 1.29 is 18.1 Å². The molecule has 2 aliphatic rings. The van der Waals surface area contributed by atoms with Gasteiger partial charge in [-0.1, -0.05) is 37.0 Å². The molecule has 1 heterocycles. The molecule has 0 spiro atoms. The number of ether oxygens (including phenoxy) is 1. The van der Waals surface area contributed by atoms with Crippen LogP contribution in [-0.4, -0.2) is 40.5 Å². The maximum absolute atomic E-state index is 14.8. The molecule has 2 fully saturated rings. The van der Waals surface area contributed by atoms with Gasteiger partial charge in [-0.2, -0.15) is 0 Å². The highest BCUT2D eigenvalue weighted by molar-refractivity contribution is 7.83. The molecule has 5 nitrogen and oxygen atoms in total. The highest BCUT2D eigenvalue weighted by Gasteiger charge is 2.42. The van der Waals surface area contributed by atoms with Gasteiger partial charge in [-0.05, 0) is 61.1 Å². The zero-order chi connectivity index (χ0) is 24.6. The number of likely N-dealkylation sites (tertiary alicyclic amines) is 1. The standard InChI is InChI=1S/C25H29Cl2FN2O3S/c1-4-34(32)29-24(31)21-10-20(16-5-6-16)23(11-22(21)28)33-14-25(3)12-30(13-25)15(2)17-7-18(26)9-19(27)8-17/h7-11,15-16H,4-6,12-14H2,1-3H3,(H,29,31). The maximum Gasteiger partial charge on any atom is 0.265 e. The van der Waals surface area contributed by atoms with Crippen molar-refractivity contribution in [1.82, 2.24) is 9.62 Å². The van der Waals surface area contributed by atoms with Gasteiger partial charge in [0.2, 0.25) is 0 Å². The van der Waals surface area contributed by atoms with Crippen LogP contribution in [0.5, 0.6) is 5.75 Å². The molecule has 0 aromatic heterocycles. The fourth-order valence-corrected chi connectivity index (χ4v) is 5.40. The van der Waals surface area contributed by atoms with Crippen LogP contribution in [-0.2, 0) is 11.0 Å². The summed E-state index contributed by atoms with van der Waals surface area (Å²) in [7, 11) is -1.52. The SMILES string of the molecule is CCS(=O)NC(=O)c1cc(C2CC2)c(OCC2(C)CN(C(C)c3cc(Cl)cc(Cl)c3)C2)cc1F. The Morgan fingerprint density at radius 3 is 2.47 bits per heavy atom. The van der Waals surface area contributed by atoms with Gasteiger partial charge in [0.15, 0.2) is 0 Å². The summed E-state index contributed by atoms with van der Waals surface area (Å²) in [5, 5.41) is 1.24. The van der Waals surface area contributed by atoms with Gasteiger partial charge < -0.3 is 4.74 Å². The zero-order valence-electron chi connectivity index (χ0n) is 19.5. The summed E-state index contributed by atoms with van der Waals surface area (Å²) in [5.41, 5.74) is 1.74. The number of rotatable bonds is 9. The fourth-order valence-electron chi connectivity index (χ4n) is 4.39. The Labute approximate surface area is 212 Å². The number of hydrogen-bond acceptors (Lipinski definition) is 4. The molecule has 2 aromatic carbocycles. The Hall–Kier alpha value is -1.67. The predicted octanol–water partition coefficient (Wildman–Crippen LogP) is 5.89. The molecule has 9 heteroatoms. The summed E-state index contributed by atoms with van der Waals surface area (Å²) >= 11 is 12.3. The van der Waals surface area contributed by atoms with Crippen LogP contribution in [0.3, 0.4) is 0 Å². The van der Waals surface area contributed by atoms with Crippen molar-refractivity contribution in [2.45, 2.75) is 45.6 Å². The molecule has 1 N–H and O–H groups in total. The van der Waals surface area contributed by atoms with Crippen LogP contribution in [0.4, 0.5) is 4.39 Å². The first kappa shape index (κ1) is 25.4. The zero-order valence-corrected chi connectivity index (χ0v) is 21.8. The first-order valence-electron chi connectivity index (χ1n) is 11.4. The highest BCUT2D eigenvalue weighted by Crippen LogP contribution is 2.46. The normalized spacial score (nSPS) is 19.2. The monoisotopic (exact) mass is 526 g/mol. The summed E-state index contributed by atoms with van der Waals surface area (Å²) in [6, 6.07) is 8.61. The van der Waals surface area contributed by atoms with E-state index in [0.717, 1.165) is 37.1 Å². The highest BCUT2D eigenvalue weighted by atomic mass is 35.5. The van der Waals surface area contributed by atoms with Crippen molar-refractivity contribution in [3.63, 3.8) is 0 Å². The molecule has 1 saturated carbocycles. The molecule has 34 heavy (non-hydrogen) atoms. The summed E-state index contributed by atoms with van der Waals surface area (Å²) in [5.74, 6) is -0.317. The molecule has 184 valence electrons. The molecule has 1 aliphatic heterocycles. The first-order valence-corrected chi connectivity index (χ1v) is 13.5. The maximum atomic E-state index is 14.8. The number of carbonyl (C=O) groups is 1. The molecule has 1 saturated heterocycles. The Morgan fingerprint density at radius 1 is 1.24 bits per heavy atom. The van der Waals surface area contributed by atoms with E-state index in [1.165, 1.54) is 6.07 Å². The van der Waals surface area contributed by atoms with Gasteiger partial charge in [-0.25, -0.2) is 8.60 Å². The second kappa shape index (κ2) is 10.1. The summed E-state index contributed by atoms with van der Waals surface area (Å²) in [6.07, 6.45) is 1.96. The van der Waals surface area contributed by atoms with Crippen molar-refractivity contribution in [3.05, 3.63) is 62.9 Å². The topological polar surface area (TPSA) is 58.6 Å². The summed E-state index contributed by atoms with van der Waals surface area (Å²) in [6.45, 7) is 8.05. The van der Waals surface area contributed by atoms with Crippen LogP contribution < -0.4 is 9.46 Å². The van der Waals surface area contributed by atoms with Crippen LogP contribution in [0.2, 0.25) is 10.0 Å². The molecular weight excluding hydrogens is 498 g/mol. The van der Waals surface area contributed by atoms with Gasteiger partial charge in [-0.3, -0.25) is 14.4 Å². The van der Waals surface area contributed by atoms with E-state index >= 15 is 0 Å². The number of benzene rings is 2. The second-order valence-electron chi connectivity index (χ2n) is 9.59. The number of halogens is 3.